The number of hydrogen-bond acceptors (Lipinski definition) is 7. The number of benzene rings is 2. The molecule has 3 amide bonds. The van der Waals surface area contributed by atoms with Gasteiger partial charge in [0, 0.05) is 48.4 Å². The number of fused-ring (bicyclic) bond motifs is 1. The molecular weight excluding hydrogens is 572 g/mol. The Balaban J connectivity index is 1.48. The van der Waals surface area contributed by atoms with Crippen molar-refractivity contribution in [2.75, 3.05) is 31.1 Å². The van der Waals surface area contributed by atoms with Crippen molar-refractivity contribution in [3.63, 3.8) is 0 Å². The maximum absolute atomic E-state index is 14.1. The fourth-order valence-corrected chi connectivity index (χ4v) is 5.85. The summed E-state index contributed by atoms with van der Waals surface area (Å²) in [6.45, 7) is 14.9. The van der Waals surface area contributed by atoms with Crippen LogP contribution in [-0.2, 0) is 32.2 Å². The second-order valence-electron chi connectivity index (χ2n) is 14.0. The third-order valence-corrected chi connectivity index (χ3v) is 8.26. The second kappa shape index (κ2) is 14.0. The zero-order valence-corrected chi connectivity index (χ0v) is 27.7. The molecule has 1 saturated heterocycles. The van der Waals surface area contributed by atoms with Crippen LogP contribution >= 0.6 is 0 Å². The van der Waals surface area contributed by atoms with Crippen LogP contribution in [-0.4, -0.2) is 72.1 Å². The van der Waals surface area contributed by atoms with Crippen LogP contribution in [0.1, 0.15) is 82.8 Å². The molecule has 10 nitrogen and oxygen atoms in total. The molecule has 0 radical (unpaired) electrons. The summed E-state index contributed by atoms with van der Waals surface area (Å²) < 4.78 is 5.32. The van der Waals surface area contributed by atoms with Gasteiger partial charge >= 0.3 is 12.1 Å². The first kappa shape index (κ1) is 34.0. The van der Waals surface area contributed by atoms with Crippen LogP contribution in [0.3, 0.4) is 0 Å². The molecule has 0 spiro atoms. The van der Waals surface area contributed by atoms with Crippen LogP contribution in [0.4, 0.5) is 10.5 Å². The third-order valence-electron chi connectivity index (χ3n) is 8.26. The van der Waals surface area contributed by atoms with E-state index in [2.05, 4.69) is 5.32 Å². The minimum absolute atomic E-state index is 0.0663. The molecule has 4 rings (SSSR count). The summed E-state index contributed by atoms with van der Waals surface area (Å²) in [7, 11) is 0. The number of hydrogen-bond donors (Lipinski definition) is 1. The van der Waals surface area contributed by atoms with E-state index in [1.807, 2.05) is 95.8 Å². The number of piperidine rings is 1. The lowest BCUT2D eigenvalue weighted by molar-refractivity contribution is -0.208. The number of ether oxygens (including phenoxy) is 1. The summed E-state index contributed by atoms with van der Waals surface area (Å²) >= 11 is 0. The molecule has 1 fully saturated rings. The van der Waals surface area contributed by atoms with Gasteiger partial charge in [-0.25, -0.2) is 9.59 Å². The van der Waals surface area contributed by atoms with Crippen molar-refractivity contribution in [1.82, 2.24) is 15.3 Å². The summed E-state index contributed by atoms with van der Waals surface area (Å²) in [5.41, 5.74) is 1.76. The molecule has 1 N–H and O–H groups in total. The number of carbonyl (C=O) groups is 4. The van der Waals surface area contributed by atoms with Crippen LogP contribution in [0.15, 0.2) is 48.5 Å². The molecular formula is C35H48N4O6. The Bertz CT molecular complexity index is 1380. The smallest absolute Gasteiger partial charge is 0.407 e. The van der Waals surface area contributed by atoms with Gasteiger partial charge in [0.25, 0.3) is 5.91 Å². The number of amides is 3. The number of nitrogens with one attached hydrogen (secondary N) is 1. The van der Waals surface area contributed by atoms with Gasteiger partial charge in [-0.15, -0.1) is 5.06 Å². The molecule has 2 heterocycles. The Hall–Kier alpha value is -3.92. The summed E-state index contributed by atoms with van der Waals surface area (Å²) in [6.07, 6.45) is 1.57. The Morgan fingerprint density at radius 1 is 1.09 bits per heavy atom. The summed E-state index contributed by atoms with van der Waals surface area (Å²) in [5, 5.41) is 4.43. The van der Waals surface area contributed by atoms with E-state index >= 15 is 0 Å². The predicted molar refractivity (Wildman–Crippen MR) is 172 cm³/mol. The van der Waals surface area contributed by atoms with E-state index in [-0.39, 0.29) is 49.6 Å². The Morgan fingerprint density at radius 3 is 2.47 bits per heavy atom. The molecule has 1 atom stereocenters. The van der Waals surface area contributed by atoms with Crippen LogP contribution < -0.4 is 10.2 Å². The molecule has 0 aliphatic carbocycles. The van der Waals surface area contributed by atoms with Crippen molar-refractivity contribution in [1.29, 1.82) is 0 Å². The SMILES string of the molecule is CC(C)N(C(=O)c1ccc2c(c1)N(CCNC(=O)OCc1ccccc1)C(=O)C(C)(C)C2)[C@@H]1CCCN(OC(=O)C(C)(C)C)C1. The van der Waals surface area contributed by atoms with Gasteiger partial charge in [-0.05, 0) is 77.1 Å². The highest BCUT2D eigenvalue weighted by atomic mass is 16.7. The molecule has 10 heteroatoms. The Kier molecular flexibility index (Phi) is 10.6. The first-order chi connectivity index (χ1) is 21.2. The van der Waals surface area contributed by atoms with E-state index in [0.717, 1.165) is 24.0 Å². The van der Waals surface area contributed by atoms with E-state index < -0.39 is 16.9 Å². The quantitative estimate of drug-likeness (QED) is 0.403. The van der Waals surface area contributed by atoms with Crippen molar-refractivity contribution in [3.05, 3.63) is 65.2 Å². The molecule has 45 heavy (non-hydrogen) atoms. The minimum atomic E-state index is -0.633. The van der Waals surface area contributed by atoms with Crippen LogP contribution in [0, 0.1) is 10.8 Å². The van der Waals surface area contributed by atoms with Gasteiger partial charge in [0.1, 0.15) is 6.61 Å². The predicted octanol–water partition coefficient (Wildman–Crippen LogP) is 5.35. The topological polar surface area (TPSA) is 108 Å². The highest BCUT2D eigenvalue weighted by Gasteiger charge is 2.40. The molecule has 2 aliphatic rings. The third kappa shape index (κ3) is 8.42. The first-order valence-corrected chi connectivity index (χ1v) is 15.9. The van der Waals surface area contributed by atoms with E-state index in [1.165, 1.54) is 0 Å². The summed E-state index contributed by atoms with van der Waals surface area (Å²) in [6, 6.07) is 14.7. The number of anilines is 1. The monoisotopic (exact) mass is 620 g/mol. The fraction of sp³-hybridized carbons (Fsp3) is 0.543. The summed E-state index contributed by atoms with van der Waals surface area (Å²) in [4.78, 5) is 61.8. The maximum atomic E-state index is 14.1. The van der Waals surface area contributed by atoms with Crippen LogP contribution in [0.2, 0.25) is 0 Å². The average Bonchev–Trinajstić information content (AvgIpc) is 2.98. The normalized spacial score (nSPS) is 18.3. The standard InChI is InChI=1S/C35H48N4O6/c1-24(2)39(28-14-11-18-37(22-28)45-32(42)34(3,4)5)30(40)26-15-16-27-21-35(6,7)31(41)38(29(27)20-26)19-17-36-33(43)44-23-25-12-9-8-10-13-25/h8-10,12-13,15-16,20,24,28H,11,14,17-19,21-23H2,1-7H3,(H,36,43)/t28-/m1/s1. The zero-order valence-electron chi connectivity index (χ0n) is 27.7. The molecule has 0 aromatic heterocycles. The molecule has 2 aromatic rings. The molecule has 0 unspecified atom stereocenters. The van der Waals surface area contributed by atoms with Crippen molar-refractivity contribution >= 4 is 29.6 Å². The van der Waals surface area contributed by atoms with Gasteiger partial charge in [0.2, 0.25) is 5.91 Å². The molecule has 244 valence electrons. The van der Waals surface area contributed by atoms with Gasteiger partial charge in [0.15, 0.2) is 0 Å². The van der Waals surface area contributed by atoms with E-state index in [0.29, 0.717) is 30.8 Å². The fourth-order valence-electron chi connectivity index (χ4n) is 5.85. The average molecular weight is 621 g/mol. The van der Waals surface area contributed by atoms with Gasteiger partial charge < -0.3 is 24.7 Å². The van der Waals surface area contributed by atoms with Gasteiger partial charge in [-0.3, -0.25) is 9.59 Å². The van der Waals surface area contributed by atoms with Crippen molar-refractivity contribution in [2.24, 2.45) is 10.8 Å². The zero-order chi connectivity index (χ0) is 32.9. The number of carbonyl (C=O) groups excluding carboxylic acids is 4. The van der Waals surface area contributed by atoms with Gasteiger partial charge in [-0.2, -0.15) is 0 Å². The van der Waals surface area contributed by atoms with Crippen LogP contribution in [0.5, 0.6) is 0 Å². The Morgan fingerprint density at radius 2 is 1.80 bits per heavy atom. The maximum Gasteiger partial charge on any atom is 0.407 e. The number of hydroxylamine groups is 2. The molecule has 2 aromatic carbocycles. The van der Waals surface area contributed by atoms with Crippen LogP contribution in [0.25, 0.3) is 0 Å². The van der Waals surface area contributed by atoms with Crippen molar-refractivity contribution in [2.45, 2.75) is 86.4 Å². The number of alkyl carbamates (subject to hydrolysis) is 1. The lowest BCUT2D eigenvalue weighted by Gasteiger charge is -2.41. The van der Waals surface area contributed by atoms with E-state index in [9.17, 15) is 19.2 Å². The largest absolute Gasteiger partial charge is 0.445 e. The van der Waals surface area contributed by atoms with Crippen molar-refractivity contribution in [3.8, 4) is 0 Å². The Labute approximate surface area is 267 Å². The van der Waals surface area contributed by atoms with Gasteiger partial charge in [-0.1, -0.05) is 50.2 Å². The first-order valence-electron chi connectivity index (χ1n) is 15.9. The van der Waals surface area contributed by atoms with E-state index in [1.54, 1.807) is 16.0 Å². The van der Waals surface area contributed by atoms with E-state index in [4.69, 9.17) is 9.57 Å². The minimum Gasteiger partial charge on any atom is -0.445 e. The second-order valence-corrected chi connectivity index (χ2v) is 14.0. The number of nitrogens with zero attached hydrogens (tertiary/aromatic N) is 3. The molecule has 2 aliphatic heterocycles. The summed E-state index contributed by atoms with van der Waals surface area (Å²) in [5.74, 6) is -0.503. The number of rotatable bonds is 9. The molecule has 0 saturated carbocycles. The van der Waals surface area contributed by atoms with Gasteiger partial charge in [0.05, 0.1) is 12.0 Å². The highest BCUT2D eigenvalue weighted by Crippen LogP contribution is 2.38. The highest BCUT2D eigenvalue weighted by molar-refractivity contribution is 6.02. The lowest BCUT2D eigenvalue weighted by Crippen LogP contribution is -2.53. The lowest BCUT2D eigenvalue weighted by atomic mass is 9.80. The molecule has 0 bridgehead atoms. The van der Waals surface area contributed by atoms with Crippen molar-refractivity contribution < 1.29 is 28.8 Å².